The highest BCUT2D eigenvalue weighted by Gasteiger charge is 2.30. The predicted octanol–water partition coefficient (Wildman–Crippen LogP) is 3.23. The minimum absolute atomic E-state index is 0.0179. The molecule has 1 N–H and O–H groups in total. The first-order valence-corrected chi connectivity index (χ1v) is 11.2. The van der Waals surface area contributed by atoms with Gasteiger partial charge in [0, 0.05) is 57.5 Å². The number of ether oxygens (including phenoxy) is 2. The van der Waals surface area contributed by atoms with Gasteiger partial charge >= 0.3 is 0 Å². The van der Waals surface area contributed by atoms with Crippen LogP contribution in [0.5, 0.6) is 11.5 Å². The van der Waals surface area contributed by atoms with Crippen molar-refractivity contribution in [3.05, 3.63) is 35.4 Å². The summed E-state index contributed by atoms with van der Waals surface area (Å²) < 4.78 is 25.3. The molecule has 3 aliphatic rings. The van der Waals surface area contributed by atoms with Gasteiger partial charge in [0.1, 0.15) is 11.9 Å². The zero-order valence-corrected chi connectivity index (χ0v) is 18.2. The smallest absolute Gasteiger partial charge is 0.172 e. The van der Waals surface area contributed by atoms with Gasteiger partial charge in [-0.25, -0.2) is 14.4 Å². The van der Waals surface area contributed by atoms with Crippen molar-refractivity contribution in [2.75, 3.05) is 44.0 Å². The number of hydrogen-bond acceptors (Lipinski definition) is 7. The van der Waals surface area contributed by atoms with Gasteiger partial charge in [-0.05, 0) is 32.0 Å². The van der Waals surface area contributed by atoms with Crippen LogP contribution in [-0.4, -0.2) is 60.8 Å². The van der Waals surface area contributed by atoms with Gasteiger partial charge in [-0.15, -0.1) is 0 Å². The lowest BCUT2D eigenvalue weighted by Gasteiger charge is -2.35. The number of halogens is 1. The maximum Gasteiger partial charge on any atom is 0.172 e. The third kappa shape index (κ3) is 4.54. The molecule has 2 fully saturated rings. The highest BCUT2D eigenvalue weighted by molar-refractivity contribution is 5.63. The number of anilines is 2. The Morgan fingerprint density at radius 3 is 2.58 bits per heavy atom. The molecule has 31 heavy (non-hydrogen) atoms. The molecule has 2 aliphatic heterocycles. The normalized spacial score (nSPS) is 19.8. The van der Waals surface area contributed by atoms with E-state index in [-0.39, 0.29) is 17.7 Å². The van der Waals surface area contributed by atoms with E-state index in [4.69, 9.17) is 19.4 Å². The van der Waals surface area contributed by atoms with Gasteiger partial charge in [-0.2, -0.15) is 0 Å². The molecule has 1 saturated carbocycles. The Labute approximate surface area is 182 Å². The van der Waals surface area contributed by atoms with Gasteiger partial charge in [0.2, 0.25) is 0 Å². The maximum absolute atomic E-state index is 14.3. The number of benzene rings is 1. The minimum Gasteiger partial charge on any atom is -0.497 e. The fourth-order valence-corrected chi connectivity index (χ4v) is 4.26. The summed E-state index contributed by atoms with van der Waals surface area (Å²) in [5.74, 6) is 2.27. The number of aromatic nitrogens is 2. The van der Waals surface area contributed by atoms with Crippen molar-refractivity contribution in [3.63, 3.8) is 0 Å². The second-order valence-electron chi connectivity index (χ2n) is 8.80. The van der Waals surface area contributed by atoms with E-state index in [2.05, 4.69) is 22.2 Å². The van der Waals surface area contributed by atoms with E-state index in [1.807, 2.05) is 0 Å². The van der Waals surface area contributed by atoms with E-state index in [1.54, 1.807) is 12.1 Å². The summed E-state index contributed by atoms with van der Waals surface area (Å²) in [4.78, 5) is 14.6. The Kier molecular flexibility index (Phi) is 5.56. The molecule has 1 saturated heterocycles. The van der Waals surface area contributed by atoms with Crippen LogP contribution >= 0.6 is 0 Å². The molecule has 1 aromatic heterocycles. The van der Waals surface area contributed by atoms with E-state index in [9.17, 15) is 4.39 Å². The fourth-order valence-electron chi connectivity index (χ4n) is 4.26. The van der Waals surface area contributed by atoms with Crippen molar-refractivity contribution >= 4 is 11.6 Å². The van der Waals surface area contributed by atoms with Crippen molar-refractivity contribution < 1.29 is 13.9 Å². The largest absolute Gasteiger partial charge is 0.497 e. The van der Waals surface area contributed by atoms with Gasteiger partial charge < -0.3 is 24.6 Å². The molecular weight excluding hydrogens is 397 g/mol. The fraction of sp³-hybridized carbons (Fsp3) is 0.565. The van der Waals surface area contributed by atoms with E-state index >= 15 is 0 Å². The predicted molar refractivity (Wildman–Crippen MR) is 118 cm³/mol. The Morgan fingerprint density at radius 1 is 1.06 bits per heavy atom. The molecule has 166 valence electrons. The summed E-state index contributed by atoms with van der Waals surface area (Å²) in [5.41, 5.74) is 2.21. The molecule has 1 aromatic carbocycles. The second kappa shape index (κ2) is 8.49. The van der Waals surface area contributed by atoms with Crippen molar-refractivity contribution in [2.45, 2.75) is 50.8 Å². The van der Waals surface area contributed by atoms with Crippen molar-refractivity contribution in [1.82, 2.24) is 14.9 Å². The Hall–Kier alpha value is -2.61. The molecule has 8 heteroatoms. The molecule has 0 spiro atoms. The van der Waals surface area contributed by atoms with Crippen molar-refractivity contribution in [3.8, 4) is 11.5 Å². The first kappa shape index (κ1) is 20.3. The lowest BCUT2D eigenvalue weighted by molar-refractivity contribution is 0.163. The standard InChI is InChI=1S/C23H30FN5O2/c1-28-10-9-19-20(14-28)27-23(22(26-19)25-15-3-4-15)29-11-7-16(8-12-29)31-21-6-5-17(30-2)13-18(21)24/h5-6,13,15-16H,3-4,7-12,14H2,1-2H3,(H,25,26). The van der Waals surface area contributed by atoms with Gasteiger partial charge in [0.25, 0.3) is 0 Å². The van der Waals surface area contributed by atoms with Crippen LogP contribution in [0.25, 0.3) is 0 Å². The number of likely N-dealkylation sites (N-methyl/N-ethyl adjacent to an activating group) is 1. The van der Waals surface area contributed by atoms with E-state index < -0.39 is 0 Å². The number of hydrogen-bond donors (Lipinski definition) is 1. The Balaban J connectivity index is 1.29. The molecule has 0 atom stereocenters. The summed E-state index contributed by atoms with van der Waals surface area (Å²) >= 11 is 0. The van der Waals surface area contributed by atoms with Crippen LogP contribution in [-0.2, 0) is 13.0 Å². The maximum atomic E-state index is 14.3. The molecular formula is C23H30FN5O2. The first-order chi connectivity index (χ1) is 15.1. The van der Waals surface area contributed by atoms with Crippen LogP contribution < -0.4 is 19.7 Å². The molecule has 2 aromatic rings. The third-order valence-electron chi connectivity index (χ3n) is 6.27. The van der Waals surface area contributed by atoms with Crippen LogP contribution in [0.2, 0.25) is 0 Å². The van der Waals surface area contributed by atoms with Gasteiger partial charge in [-0.1, -0.05) is 0 Å². The third-order valence-corrected chi connectivity index (χ3v) is 6.27. The highest BCUT2D eigenvalue weighted by Crippen LogP contribution is 2.33. The van der Waals surface area contributed by atoms with E-state index in [0.29, 0.717) is 11.8 Å². The molecule has 5 rings (SSSR count). The quantitative estimate of drug-likeness (QED) is 0.759. The number of rotatable bonds is 6. The first-order valence-electron chi connectivity index (χ1n) is 11.2. The number of fused-ring (bicyclic) bond motifs is 1. The van der Waals surface area contributed by atoms with E-state index in [0.717, 1.165) is 68.5 Å². The van der Waals surface area contributed by atoms with Crippen molar-refractivity contribution in [1.29, 1.82) is 0 Å². The molecule has 0 amide bonds. The molecule has 0 unspecified atom stereocenters. The number of nitrogens with one attached hydrogen (secondary N) is 1. The minimum atomic E-state index is -0.387. The van der Waals surface area contributed by atoms with Gasteiger partial charge in [0.05, 0.1) is 18.5 Å². The Bertz CT molecular complexity index is 944. The average Bonchev–Trinajstić information content (AvgIpc) is 3.59. The topological polar surface area (TPSA) is 62.8 Å². The molecule has 3 heterocycles. The summed E-state index contributed by atoms with van der Waals surface area (Å²) in [6.45, 7) is 3.49. The van der Waals surface area contributed by atoms with Gasteiger partial charge in [0.15, 0.2) is 23.2 Å². The molecule has 1 aliphatic carbocycles. The number of piperidine rings is 1. The average molecular weight is 428 g/mol. The molecule has 0 radical (unpaired) electrons. The summed E-state index contributed by atoms with van der Waals surface area (Å²) in [5, 5.41) is 3.59. The SMILES string of the molecule is COc1ccc(OC2CCN(c3nc4c(nc3NC3CC3)CCN(C)C4)CC2)c(F)c1. The Morgan fingerprint density at radius 2 is 1.87 bits per heavy atom. The van der Waals surface area contributed by atoms with Crippen molar-refractivity contribution in [2.24, 2.45) is 0 Å². The lowest BCUT2D eigenvalue weighted by Crippen LogP contribution is -2.40. The highest BCUT2D eigenvalue weighted by atomic mass is 19.1. The van der Waals surface area contributed by atoms with Crippen LogP contribution in [0.3, 0.4) is 0 Å². The monoisotopic (exact) mass is 427 g/mol. The number of methoxy groups -OCH3 is 1. The summed E-state index contributed by atoms with van der Waals surface area (Å²) in [6, 6.07) is 5.25. The lowest BCUT2D eigenvalue weighted by atomic mass is 10.1. The zero-order valence-electron chi connectivity index (χ0n) is 18.2. The zero-order chi connectivity index (χ0) is 21.4. The second-order valence-corrected chi connectivity index (χ2v) is 8.80. The van der Waals surface area contributed by atoms with E-state index in [1.165, 1.54) is 26.0 Å². The number of nitrogens with zero attached hydrogens (tertiary/aromatic N) is 4. The van der Waals surface area contributed by atoms with Crippen LogP contribution in [0.15, 0.2) is 18.2 Å². The van der Waals surface area contributed by atoms with Gasteiger partial charge in [-0.3, -0.25) is 0 Å². The van der Waals surface area contributed by atoms with Crippen LogP contribution in [0.1, 0.15) is 37.1 Å². The summed E-state index contributed by atoms with van der Waals surface area (Å²) in [6.07, 6.45) is 4.95. The van der Waals surface area contributed by atoms with Crippen LogP contribution in [0.4, 0.5) is 16.0 Å². The molecule has 0 bridgehead atoms. The summed E-state index contributed by atoms with van der Waals surface area (Å²) in [7, 11) is 3.65. The molecule has 7 nitrogen and oxygen atoms in total. The van der Waals surface area contributed by atoms with Crippen LogP contribution in [0, 0.1) is 5.82 Å².